The van der Waals surface area contributed by atoms with Crippen LogP contribution >= 0.6 is 0 Å². The van der Waals surface area contributed by atoms with Gasteiger partial charge in [0.2, 0.25) is 0 Å². The van der Waals surface area contributed by atoms with Crippen LogP contribution in [-0.2, 0) is 4.79 Å². The Kier molecular flexibility index (Phi) is 3.70. The van der Waals surface area contributed by atoms with E-state index < -0.39 is 0 Å². The van der Waals surface area contributed by atoms with Crippen LogP contribution in [0.2, 0.25) is 0 Å². The number of carbonyl (C=O) groups excluding carboxylic acids is 1. The quantitative estimate of drug-likeness (QED) is 0.627. The van der Waals surface area contributed by atoms with Crippen LogP contribution in [0.5, 0.6) is 0 Å². The number of rotatable bonds is 1. The highest BCUT2D eigenvalue weighted by Gasteiger charge is 2.57. The van der Waals surface area contributed by atoms with Crippen LogP contribution in [0.15, 0.2) is 0 Å². The number of carbonyl (C=O) groups is 1. The molecule has 0 N–H and O–H groups in total. The number of ketones is 1. The van der Waals surface area contributed by atoms with E-state index in [0.717, 1.165) is 35.5 Å². The maximum Gasteiger partial charge on any atom is 0.133 e. The third kappa shape index (κ3) is 2.13. The Morgan fingerprint density at radius 2 is 1.68 bits per heavy atom. The lowest BCUT2D eigenvalue weighted by molar-refractivity contribution is -0.128. The van der Waals surface area contributed by atoms with Gasteiger partial charge in [-0.1, -0.05) is 20.3 Å². The van der Waals surface area contributed by atoms with E-state index in [1.54, 1.807) is 0 Å². The summed E-state index contributed by atoms with van der Waals surface area (Å²) in [5.74, 6) is 6.73. The maximum absolute atomic E-state index is 12.1. The first-order valence-corrected chi connectivity index (χ1v) is 10.0. The van der Waals surface area contributed by atoms with Gasteiger partial charge in [0.05, 0.1) is 0 Å². The first kappa shape index (κ1) is 15.2. The Morgan fingerprint density at radius 1 is 0.909 bits per heavy atom. The van der Waals surface area contributed by atoms with Gasteiger partial charge in [-0.25, -0.2) is 0 Å². The van der Waals surface area contributed by atoms with Crippen LogP contribution in [0.3, 0.4) is 0 Å². The zero-order valence-electron chi connectivity index (χ0n) is 14.8. The minimum atomic E-state index is 0.349. The fraction of sp³-hybridized carbons (Fsp3) is 0.952. The van der Waals surface area contributed by atoms with Crippen molar-refractivity contribution >= 4 is 5.78 Å². The van der Waals surface area contributed by atoms with Gasteiger partial charge in [0.15, 0.2) is 0 Å². The molecule has 124 valence electrons. The normalized spacial score (nSPS) is 54.2. The van der Waals surface area contributed by atoms with E-state index in [2.05, 4.69) is 13.8 Å². The van der Waals surface area contributed by atoms with Gasteiger partial charge in [-0.05, 0) is 99.2 Å². The largest absolute Gasteiger partial charge is 0.300 e. The minimum absolute atomic E-state index is 0.349. The van der Waals surface area contributed by atoms with Crippen LogP contribution in [0.4, 0.5) is 0 Å². The molecule has 0 aliphatic heterocycles. The van der Waals surface area contributed by atoms with Gasteiger partial charge in [0, 0.05) is 5.92 Å². The third-order valence-corrected chi connectivity index (χ3v) is 8.71. The van der Waals surface area contributed by atoms with Crippen molar-refractivity contribution in [1.82, 2.24) is 0 Å². The molecular formula is C21H34O. The van der Waals surface area contributed by atoms with E-state index in [1.807, 2.05) is 6.92 Å². The SMILES string of the molecule is CC(=O)C1CCC2[C@@H]3CC[C@@H]4CC(C)CC[C@@H]4C3CCC12C. The van der Waals surface area contributed by atoms with E-state index in [1.165, 1.54) is 57.8 Å². The standard InChI is InChI=1S/C21H34O/c1-13-4-6-16-15(12-13)5-7-18-17(16)10-11-21(3)19(14(2)22)8-9-20(18)21/h13,15-20H,4-12H2,1-3H3/t13?,15-,16+,17?,18-,19?,20?,21?/m1/s1. The monoisotopic (exact) mass is 302 g/mol. The molecule has 4 fully saturated rings. The van der Waals surface area contributed by atoms with Gasteiger partial charge < -0.3 is 0 Å². The molecule has 0 aromatic rings. The molecule has 1 nitrogen and oxygen atoms in total. The molecule has 4 saturated carbocycles. The van der Waals surface area contributed by atoms with Crippen molar-refractivity contribution in [3.8, 4) is 0 Å². The Hall–Kier alpha value is -0.330. The fourth-order valence-corrected chi connectivity index (χ4v) is 7.76. The van der Waals surface area contributed by atoms with Crippen molar-refractivity contribution in [2.24, 2.45) is 46.8 Å². The van der Waals surface area contributed by atoms with Gasteiger partial charge in [-0.2, -0.15) is 0 Å². The highest BCUT2D eigenvalue weighted by molar-refractivity contribution is 5.79. The zero-order chi connectivity index (χ0) is 15.5. The summed E-state index contributed by atoms with van der Waals surface area (Å²) < 4.78 is 0. The summed E-state index contributed by atoms with van der Waals surface area (Å²) >= 11 is 0. The summed E-state index contributed by atoms with van der Waals surface area (Å²) in [6.45, 7) is 6.79. The molecule has 0 aromatic carbocycles. The topological polar surface area (TPSA) is 17.1 Å². The van der Waals surface area contributed by atoms with Crippen LogP contribution in [0.1, 0.15) is 78.6 Å². The lowest BCUT2D eigenvalue weighted by Crippen LogP contribution is -2.49. The van der Waals surface area contributed by atoms with Crippen molar-refractivity contribution in [3.63, 3.8) is 0 Å². The van der Waals surface area contributed by atoms with Crippen molar-refractivity contribution in [2.75, 3.05) is 0 Å². The molecule has 0 heterocycles. The average Bonchev–Trinajstić information content (AvgIpc) is 2.84. The maximum atomic E-state index is 12.1. The first-order valence-electron chi connectivity index (χ1n) is 10.0. The predicted octanol–water partition coefficient (Wildman–Crippen LogP) is 5.48. The molecule has 0 amide bonds. The lowest BCUT2D eigenvalue weighted by atomic mass is 9.49. The highest BCUT2D eigenvalue weighted by Crippen LogP contribution is 2.64. The van der Waals surface area contributed by atoms with Gasteiger partial charge in [-0.15, -0.1) is 0 Å². The molecule has 4 aliphatic carbocycles. The van der Waals surface area contributed by atoms with Crippen molar-refractivity contribution in [2.45, 2.75) is 78.6 Å². The van der Waals surface area contributed by atoms with Gasteiger partial charge in [0.1, 0.15) is 5.78 Å². The molecule has 0 spiro atoms. The summed E-state index contributed by atoms with van der Waals surface area (Å²) in [4.78, 5) is 12.1. The van der Waals surface area contributed by atoms with Crippen LogP contribution < -0.4 is 0 Å². The van der Waals surface area contributed by atoms with Gasteiger partial charge in [0.25, 0.3) is 0 Å². The zero-order valence-corrected chi connectivity index (χ0v) is 14.8. The first-order chi connectivity index (χ1) is 10.5. The number of fused-ring (bicyclic) bond motifs is 5. The molecule has 0 aromatic heterocycles. The molecule has 4 aliphatic rings. The van der Waals surface area contributed by atoms with Crippen molar-refractivity contribution in [1.29, 1.82) is 0 Å². The highest BCUT2D eigenvalue weighted by atomic mass is 16.1. The second kappa shape index (κ2) is 5.35. The Balaban J connectivity index is 1.56. The second-order valence-corrected chi connectivity index (χ2v) is 9.64. The Labute approximate surface area is 136 Å². The average molecular weight is 303 g/mol. The summed E-state index contributed by atoms with van der Waals surface area (Å²) in [7, 11) is 0. The van der Waals surface area contributed by atoms with Crippen LogP contribution in [-0.4, -0.2) is 5.78 Å². The molecule has 4 rings (SSSR count). The van der Waals surface area contributed by atoms with Crippen molar-refractivity contribution < 1.29 is 4.79 Å². The summed E-state index contributed by atoms with van der Waals surface area (Å²) in [6, 6.07) is 0. The van der Waals surface area contributed by atoms with E-state index in [-0.39, 0.29) is 0 Å². The Bertz CT molecular complexity index is 455. The van der Waals surface area contributed by atoms with Crippen LogP contribution in [0.25, 0.3) is 0 Å². The van der Waals surface area contributed by atoms with Gasteiger partial charge in [-0.3, -0.25) is 4.79 Å². The molecule has 0 bridgehead atoms. The number of Topliss-reactive ketones (excluding diaryl/α,β-unsaturated/α-hetero) is 1. The fourth-order valence-electron chi connectivity index (χ4n) is 7.76. The molecule has 0 radical (unpaired) electrons. The molecule has 1 heteroatoms. The Morgan fingerprint density at radius 3 is 2.45 bits per heavy atom. The van der Waals surface area contributed by atoms with E-state index in [0.29, 0.717) is 17.1 Å². The smallest absolute Gasteiger partial charge is 0.133 e. The van der Waals surface area contributed by atoms with Crippen molar-refractivity contribution in [3.05, 3.63) is 0 Å². The molecule has 22 heavy (non-hydrogen) atoms. The second-order valence-electron chi connectivity index (χ2n) is 9.64. The third-order valence-electron chi connectivity index (χ3n) is 8.71. The summed E-state index contributed by atoms with van der Waals surface area (Å²) in [5.41, 5.74) is 0.349. The van der Waals surface area contributed by atoms with E-state index in [9.17, 15) is 4.79 Å². The summed E-state index contributed by atoms with van der Waals surface area (Å²) in [5, 5.41) is 0. The minimum Gasteiger partial charge on any atom is -0.300 e. The van der Waals surface area contributed by atoms with E-state index in [4.69, 9.17) is 0 Å². The van der Waals surface area contributed by atoms with Crippen LogP contribution in [0, 0.1) is 46.8 Å². The predicted molar refractivity (Wildman–Crippen MR) is 90.4 cm³/mol. The molecule has 8 atom stereocenters. The molecular weight excluding hydrogens is 268 g/mol. The summed E-state index contributed by atoms with van der Waals surface area (Å²) in [6.07, 6.45) is 12.7. The molecule has 0 saturated heterocycles. The van der Waals surface area contributed by atoms with Gasteiger partial charge >= 0.3 is 0 Å². The number of hydrogen-bond donors (Lipinski definition) is 0. The molecule has 5 unspecified atom stereocenters. The lowest BCUT2D eigenvalue weighted by Gasteiger charge is -2.56. The number of hydrogen-bond acceptors (Lipinski definition) is 1. The van der Waals surface area contributed by atoms with E-state index >= 15 is 0 Å².